The molecule has 4 heteroatoms. The van der Waals surface area contributed by atoms with Crippen LogP contribution in [-0.2, 0) is 9.59 Å². The lowest BCUT2D eigenvalue weighted by Gasteiger charge is -2.32. The van der Waals surface area contributed by atoms with Crippen LogP contribution in [0.4, 0.5) is 0 Å². The lowest BCUT2D eigenvalue weighted by atomic mass is 9.87. The molecule has 1 aromatic rings. The quantitative estimate of drug-likeness (QED) is 0.909. The molecule has 1 N–H and O–H groups in total. The molecule has 1 heterocycles. The van der Waals surface area contributed by atoms with Gasteiger partial charge in [0, 0.05) is 18.5 Å². The fourth-order valence-corrected chi connectivity index (χ4v) is 3.87. The Bertz CT molecular complexity index is 557. The molecule has 1 amide bonds. The Balaban J connectivity index is 1.75. The lowest BCUT2D eigenvalue weighted by Crippen LogP contribution is -2.40. The van der Waals surface area contributed by atoms with Gasteiger partial charge in [-0.05, 0) is 31.2 Å². The standard InChI is InChI=1S/C18H23NO3/c1-2-13(12-7-4-3-5-8-12)16-9-6-10-19(16)17(20)14-11-15(14)18(21)22/h3-5,7-8,13-16H,2,6,9-11H2,1H3,(H,21,22). The van der Waals surface area contributed by atoms with Crippen molar-refractivity contribution in [3.8, 4) is 0 Å². The van der Waals surface area contributed by atoms with Crippen molar-refractivity contribution in [3.05, 3.63) is 35.9 Å². The summed E-state index contributed by atoms with van der Waals surface area (Å²) in [5.74, 6) is -1.17. The molecule has 1 aromatic carbocycles. The molecule has 1 aliphatic heterocycles. The first-order chi connectivity index (χ1) is 10.6. The van der Waals surface area contributed by atoms with Gasteiger partial charge in [-0.25, -0.2) is 0 Å². The van der Waals surface area contributed by atoms with Gasteiger partial charge in [0.05, 0.1) is 11.8 Å². The molecular formula is C18H23NO3. The molecule has 4 atom stereocenters. The number of aliphatic carboxylic acids is 1. The van der Waals surface area contributed by atoms with Crippen LogP contribution in [0.1, 0.15) is 44.1 Å². The molecule has 4 nitrogen and oxygen atoms in total. The van der Waals surface area contributed by atoms with E-state index in [1.54, 1.807) is 0 Å². The molecule has 22 heavy (non-hydrogen) atoms. The minimum Gasteiger partial charge on any atom is -0.481 e. The molecule has 0 radical (unpaired) electrons. The monoisotopic (exact) mass is 301 g/mol. The summed E-state index contributed by atoms with van der Waals surface area (Å²) < 4.78 is 0. The van der Waals surface area contributed by atoms with Crippen molar-refractivity contribution in [2.75, 3.05) is 6.54 Å². The number of rotatable bonds is 5. The number of likely N-dealkylation sites (tertiary alicyclic amines) is 1. The number of carboxylic acids is 1. The first kappa shape index (κ1) is 15.1. The van der Waals surface area contributed by atoms with Crippen molar-refractivity contribution in [2.24, 2.45) is 11.8 Å². The van der Waals surface area contributed by atoms with Crippen LogP contribution < -0.4 is 0 Å². The Morgan fingerprint density at radius 1 is 1.27 bits per heavy atom. The van der Waals surface area contributed by atoms with Gasteiger partial charge in [-0.1, -0.05) is 37.3 Å². The zero-order chi connectivity index (χ0) is 15.7. The van der Waals surface area contributed by atoms with Gasteiger partial charge in [-0.15, -0.1) is 0 Å². The van der Waals surface area contributed by atoms with E-state index in [9.17, 15) is 9.59 Å². The highest BCUT2D eigenvalue weighted by Gasteiger charge is 2.51. The summed E-state index contributed by atoms with van der Waals surface area (Å²) in [5, 5.41) is 9.04. The van der Waals surface area contributed by atoms with Gasteiger partial charge in [0.2, 0.25) is 5.91 Å². The molecular weight excluding hydrogens is 278 g/mol. The first-order valence-electron chi connectivity index (χ1n) is 8.21. The summed E-state index contributed by atoms with van der Waals surface area (Å²) in [6.45, 7) is 2.94. The highest BCUT2D eigenvalue weighted by atomic mass is 16.4. The van der Waals surface area contributed by atoms with Crippen molar-refractivity contribution >= 4 is 11.9 Å². The van der Waals surface area contributed by atoms with E-state index >= 15 is 0 Å². The number of amides is 1. The number of hydrogen-bond acceptors (Lipinski definition) is 2. The summed E-state index contributed by atoms with van der Waals surface area (Å²) in [6, 6.07) is 10.6. The Hall–Kier alpha value is -1.84. The summed E-state index contributed by atoms with van der Waals surface area (Å²) >= 11 is 0. The van der Waals surface area contributed by atoms with Gasteiger partial charge in [0.25, 0.3) is 0 Å². The topological polar surface area (TPSA) is 57.6 Å². The second-order valence-corrected chi connectivity index (χ2v) is 6.45. The predicted octanol–water partition coefficient (Wildman–Crippen LogP) is 2.89. The van der Waals surface area contributed by atoms with Crippen LogP contribution in [0.25, 0.3) is 0 Å². The maximum absolute atomic E-state index is 12.6. The highest BCUT2D eigenvalue weighted by Crippen LogP contribution is 2.43. The number of carboxylic acid groups (broad SMARTS) is 1. The predicted molar refractivity (Wildman–Crippen MR) is 83.4 cm³/mol. The summed E-state index contributed by atoms with van der Waals surface area (Å²) in [4.78, 5) is 25.6. The van der Waals surface area contributed by atoms with Crippen molar-refractivity contribution in [1.82, 2.24) is 4.90 Å². The van der Waals surface area contributed by atoms with Crippen LogP contribution in [0.5, 0.6) is 0 Å². The Kier molecular flexibility index (Phi) is 4.19. The summed E-state index contributed by atoms with van der Waals surface area (Å²) in [5.41, 5.74) is 1.28. The van der Waals surface area contributed by atoms with Crippen LogP contribution in [-0.4, -0.2) is 34.5 Å². The van der Waals surface area contributed by atoms with Gasteiger partial charge < -0.3 is 10.0 Å². The number of hydrogen-bond donors (Lipinski definition) is 1. The largest absolute Gasteiger partial charge is 0.481 e. The third kappa shape index (κ3) is 2.74. The fraction of sp³-hybridized carbons (Fsp3) is 0.556. The molecule has 3 rings (SSSR count). The minimum absolute atomic E-state index is 0.0595. The molecule has 2 fully saturated rings. The smallest absolute Gasteiger partial charge is 0.307 e. The van der Waals surface area contributed by atoms with E-state index in [0.717, 1.165) is 25.8 Å². The van der Waals surface area contributed by atoms with Gasteiger partial charge in [-0.2, -0.15) is 0 Å². The third-order valence-electron chi connectivity index (χ3n) is 5.14. The maximum Gasteiger partial charge on any atom is 0.307 e. The molecule has 1 aliphatic carbocycles. The number of nitrogens with zero attached hydrogens (tertiary/aromatic N) is 1. The van der Waals surface area contributed by atoms with E-state index in [1.165, 1.54) is 5.56 Å². The first-order valence-corrected chi connectivity index (χ1v) is 8.21. The molecule has 1 saturated heterocycles. The zero-order valence-electron chi connectivity index (χ0n) is 12.9. The molecule has 4 unspecified atom stereocenters. The summed E-state index contributed by atoms with van der Waals surface area (Å²) in [7, 11) is 0. The number of carbonyl (C=O) groups is 2. The van der Waals surface area contributed by atoms with Crippen molar-refractivity contribution in [2.45, 2.75) is 44.6 Å². The van der Waals surface area contributed by atoms with Gasteiger partial charge in [-0.3, -0.25) is 9.59 Å². The van der Waals surface area contributed by atoms with E-state index in [4.69, 9.17) is 5.11 Å². The van der Waals surface area contributed by atoms with E-state index in [1.807, 2.05) is 23.1 Å². The van der Waals surface area contributed by atoms with E-state index in [-0.39, 0.29) is 17.9 Å². The Labute approximate surface area is 131 Å². The zero-order valence-corrected chi connectivity index (χ0v) is 12.9. The van der Waals surface area contributed by atoms with Gasteiger partial charge in [0.15, 0.2) is 0 Å². The van der Waals surface area contributed by atoms with Gasteiger partial charge >= 0.3 is 5.97 Å². The van der Waals surface area contributed by atoms with Crippen molar-refractivity contribution < 1.29 is 14.7 Å². The van der Waals surface area contributed by atoms with Crippen LogP contribution in [0.2, 0.25) is 0 Å². The average Bonchev–Trinajstić information content (AvgIpc) is 3.20. The third-order valence-corrected chi connectivity index (χ3v) is 5.14. The molecule has 1 saturated carbocycles. The van der Waals surface area contributed by atoms with E-state index < -0.39 is 11.9 Å². The highest BCUT2D eigenvalue weighted by molar-refractivity contribution is 5.89. The Morgan fingerprint density at radius 3 is 2.59 bits per heavy atom. The molecule has 0 aromatic heterocycles. The van der Waals surface area contributed by atoms with Crippen molar-refractivity contribution in [3.63, 3.8) is 0 Å². The van der Waals surface area contributed by atoms with Crippen LogP contribution in [0.3, 0.4) is 0 Å². The van der Waals surface area contributed by atoms with Crippen molar-refractivity contribution in [1.29, 1.82) is 0 Å². The number of benzene rings is 1. The Morgan fingerprint density at radius 2 is 2.00 bits per heavy atom. The SMILES string of the molecule is CCC(c1ccccc1)C1CCCN1C(=O)C1CC1C(=O)O. The molecule has 2 aliphatic rings. The molecule has 0 bridgehead atoms. The minimum atomic E-state index is -0.829. The lowest BCUT2D eigenvalue weighted by molar-refractivity contribution is -0.142. The maximum atomic E-state index is 12.6. The second kappa shape index (κ2) is 6.11. The number of carbonyl (C=O) groups excluding carboxylic acids is 1. The second-order valence-electron chi connectivity index (χ2n) is 6.45. The van der Waals surface area contributed by atoms with Gasteiger partial charge in [0.1, 0.15) is 0 Å². The molecule has 0 spiro atoms. The van der Waals surface area contributed by atoms with Crippen LogP contribution in [0.15, 0.2) is 30.3 Å². The molecule has 118 valence electrons. The van der Waals surface area contributed by atoms with E-state index in [2.05, 4.69) is 19.1 Å². The normalized spacial score (nSPS) is 28.4. The van der Waals surface area contributed by atoms with E-state index in [0.29, 0.717) is 12.3 Å². The fourth-order valence-electron chi connectivity index (χ4n) is 3.87. The van der Waals surface area contributed by atoms with Crippen LogP contribution in [0, 0.1) is 11.8 Å². The van der Waals surface area contributed by atoms with Crippen LogP contribution >= 0.6 is 0 Å². The average molecular weight is 301 g/mol. The summed E-state index contributed by atoms with van der Waals surface area (Å²) in [6.07, 6.45) is 3.54.